The molecule has 0 aromatic carbocycles. The number of aromatic nitrogens is 3. The molecular formula is C22H34N6O6. The van der Waals surface area contributed by atoms with Gasteiger partial charge in [0.1, 0.15) is 48.3 Å². The molecule has 0 radical (unpaired) electrons. The Kier molecular flexibility index (Phi) is 7.46. The van der Waals surface area contributed by atoms with Crippen LogP contribution < -0.4 is 17.2 Å². The number of aliphatic hydroxyl groups is 1. The standard InChI is InChI=1S/C22H34N6O6/c1-10(2)15(23)20(30)32-8-13-17(33-21(31)16(24)11(3)4)18(29)22(5,34-13)14-7-6-12-19(25)26-9-27-28(12)14/h6-7,9-11,13,15-18,29H,8,23-24H2,1-5H3,(H2,25,26,27)/t13-,15+,16+,17-,18-,22+/m1/s1. The first-order chi connectivity index (χ1) is 15.9. The molecule has 12 nitrogen and oxygen atoms in total. The van der Waals surface area contributed by atoms with Crippen molar-refractivity contribution in [1.82, 2.24) is 14.6 Å². The Balaban J connectivity index is 1.92. The molecule has 3 rings (SSSR count). The van der Waals surface area contributed by atoms with E-state index in [0.717, 1.165) is 0 Å². The molecule has 2 aromatic heterocycles. The number of carbonyl (C=O) groups excluding carboxylic acids is 2. The van der Waals surface area contributed by atoms with Gasteiger partial charge in [-0.3, -0.25) is 9.59 Å². The van der Waals surface area contributed by atoms with Crippen LogP contribution in [0.4, 0.5) is 5.82 Å². The van der Waals surface area contributed by atoms with Gasteiger partial charge in [-0.2, -0.15) is 5.10 Å². The molecule has 2 aromatic rings. The van der Waals surface area contributed by atoms with Gasteiger partial charge in [0, 0.05) is 0 Å². The van der Waals surface area contributed by atoms with Crippen molar-refractivity contribution in [2.75, 3.05) is 12.3 Å². The molecule has 0 amide bonds. The number of hydrogen-bond donors (Lipinski definition) is 4. The van der Waals surface area contributed by atoms with E-state index in [1.54, 1.807) is 46.8 Å². The number of aliphatic hydroxyl groups excluding tert-OH is 1. The number of nitrogens with zero attached hydrogens (tertiary/aromatic N) is 3. The molecule has 0 bridgehead atoms. The van der Waals surface area contributed by atoms with Crippen molar-refractivity contribution < 1.29 is 28.9 Å². The Hall–Kier alpha value is -2.80. The lowest BCUT2D eigenvalue weighted by molar-refractivity contribution is -0.163. The summed E-state index contributed by atoms with van der Waals surface area (Å²) in [6.45, 7) is 8.48. The molecule has 7 N–H and O–H groups in total. The number of nitrogen functional groups attached to an aromatic ring is 1. The summed E-state index contributed by atoms with van der Waals surface area (Å²) in [4.78, 5) is 28.9. The van der Waals surface area contributed by atoms with E-state index in [1.165, 1.54) is 10.8 Å². The highest BCUT2D eigenvalue weighted by Crippen LogP contribution is 2.42. The van der Waals surface area contributed by atoms with Crippen LogP contribution in [0, 0.1) is 11.8 Å². The molecule has 1 saturated heterocycles. The summed E-state index contributed by atoms with van der Waals surface area (Å²) in [5, 5.41) is 15.5. The Morgan fingerprint density at radius 2 is 1.79 bits per heavy atom. The molecule has 188 valence electrons. The number of rotatable bonds is 8. The third-order valence-electron chi connectivity index (χ3n) is 6.25. The number of esters is 2. The summed E-state index contributed by atoms with van der Waals surface area (Å²) in [7, 11) is 0. The fraction of sp³-hybridized carbons (Fsp3) is 0.636. The number of hydrogen-bond acceptors (Lipinski definition) is 11. The van der Waals surface area contributed by atoms with E-state index in [9.17, 15) is 14.7 Å². The van der Waals surface area contributed by atoms with Crippen molar-refractivity contribution in [3.05, 3.63) is 24.2 Å². The van der Waals surface area contributed by atoms with Crippen LogP contribution in [0.3, 0.4) is 0 Å². The largest absolute Gasteiger partial charge is 0.462 e. The van der Waals surface area contributed by atoms with Gasteiger partial charge in [-0.15, -0.1) is 0 Å². The summed E-state index contributed by atoms with van der Waals surface area (Å²) in [6.07, 6.45) is -2.22. The molecule has 1 fully saturated rings. The van der Waals surface area contributed by atoms with E-state index in [4.69, 9.17) is 31.4 Å². The maximum Gasteiger partial charge on any atom is 0.323 e. The summed E-state index contributed by atoms with van der Waals surface area (Å²) < 4.78 is 18.6. The monoisotopic (exact) mass is 478 g/mol. The second-order valence-electron chi connectivity index (χ2n) is 9.44. The van der Waals surface area contributed by atoms with Gasteiger partial charge >= 0.3 is 11.9 Å². The number of fused-ring (bicyclic) bond motifs is 1. The fourth-order valence-corrected chi connectivity index (χ4v) is 3.80. The van der Waals surface area contributed by atoms with Gasteiger partial charge in [-0.05, 0) is 30.9 Å². The van der Waals surface area contributed by atoms with Crippen LogP contribution in [-0.2, 0) is 29.4 Å². The van der Waals surface area contributed by atoms with Gasteiger partial charge in [0.05, 0.1) is 5.69 Å². The van der Waals surface area contributed by atoms with E-state index < -0.39 is 47.9 Å². The maximum atomic E-state index is 12.6. The molecule has 0 spiro atoms. The highest BCUT2D eigenvalue weighted by Gasteiger charge is 2.56. The van der Waals surface area contributed by atoms with Gasteiger partial charge in [-0.25, -0.2) is 9.50 Å². The van der Waals surface area contributed by atoms with Crippen molar-refractivity contribution >= 4 is 23.3 Å². The summed E-state index contributed by atoms with van der Waals surface area (Å²) >= 11 is 0. The normalized spacial score (nSPS) is 26.7. The number of anilines is 1. The maximum absolute atomic E-state index is 12.6. The van der Waals surface area contributed by atoms with Gasteiger partial charge in [0.2, 0.25) is 0 Å². The van der Waals surface area contributed by atoms with Gasteiger partial charge < -0.3 is 36.5 Å². The number of nitrogens with two attached hydrogens (primary N) is 3. The fourth-order valence-electron chi connectivity index (χ4n) is 3.80. The van der Waals surface area contributed by atoms with Crippen LogP contribution >= 0.6 is 0 Å². The zero-order chi connectivity index (χ0) is 25.4. The van der Waals surface area contributed by atoms with Gasteiger partial charge in [-0.1, -0.05) is 27.7 Å². The highest BCUT2D eigenvalue weighted by molar-refractivity contribution is 5.76. The smallest absolute Gasteiger partial charge is 0.323 e. The van der Waals surface area contributed by atoms with Crippen LogP contribution in [0.2, 0.25) is 0 Å². The van der Waals surface area contributed by atoms with Gasteiger partial charge in [0.25, 0.3) is 0 Å². The minimum absolute atomic E-state index is 0.136. The van der Waals surface area contributed by atoms with Crippen molar-refractivity contribution in [1.29, 1.82) is 0 Å². The molecule has 34 heavy (non-hydrogen) atoms. The first kappa shape index (κ1) is 25.8. The van der Waals surface area contributed by atoms with Crippen molar-refractivity contribution in [3.63, 3.8) is 0 Å². The lowest BCUT2D eigenvalue weighted by Gasteiger charge is -2.28. The Bertz CT molecular complexity index is 1040. The van der Waals surface area contributed by atoms with Crippen LogP contribution in [0.15, 0.2) is 18.5 Å². The first-order valence-electron chi connectivity index (χ1n) is 11.2. The predicted octanol–water partition coefficient (Wildman–Crippen LogP) is -0.292. The Morgan fingerprint density at radius 1 is 1.18 bits per heavy atom. The molecule has 1 aliphatic rings. The molecule has 6 atom stereocenters. The summed E-state index contributed by atoms with van der Waals surface area (Å²) in [5.41, 5.74) is 17.3. The average Bonchev–Trinajstić information content (AvgIpc) is 3.33. The molecule has 0 aliphatic carbocycles. The number of carbonyl (C=O) groups is 2. The third kappa shape index (κ3) is 4.71. The Labute approximate surface area is 197 Å². The third-order valence-corrected chi connectivity index (χ3v) is 6.25. The van der Waals surface area contributed by atoms with E-state index in [1.807, 2.05) is 0 Å². The van der Waals surface area contributed by atoms with E-state index in [-0.39, 0.29) is 24.3 Å². The highest BCUT2D eigenvalue weighted by atomic mass is 16.6. The van der Waals surface area contributed by atoms with Crippen LogP contribution in [0.1, 0.15) is 40.3 Å². The summed E-state index contributed by atoms with van der Waals surface area (Å²) in [6, 6.07) is 1.64. The van der Waals surface area contributed by atoms with Crippen LogP contribution in [-0.4, -0.2) is 68.6 Å². The molecule has 3 heterocycles. The van der Waals surface area contributed by atoms with Crippen molar-refractivity contribution in [2.45, 2.75) is 70.6 Å². The minimum Gasteiger partial charge on any atom is -0.462 e. The molecule has 12 heteroatoms. The number of ether oxygens (including phenoxy) is 3. The second kappa shape index (κ2) is 9.82. The van der Waals surface area contributed by atoms with Crippen LogP contribution in [0.5, 0.6) is 0 Å². The second-order valence-corrected chi connectivity index (χ2v) is 9.44. The lowest BCUT2D eigenvalue weighted by Crippen LogP contribution is -2.46. The summed E-state index contributed by atoms with van der Waals surface area (Å²) in [5.74, 6) is -1.40. The predicted molar refractivity (Wildman–Crippen MR) is 122 cm³/mol. The molecule has 0 unspecified atom stereocenters. The molecule has 1 aliphatic heterocycles. The van der Waals surface area contributed by atoms with Crippen molar-refractivity contribution in [2.24, 2.45) is 23.3 Å². The van der Waals surface area contributed by atoms with E-state index >= 15 is 0 Å². The zero-order valence-corrected chi connectivity index (χ0v) is 20.0. The minimum atomic E-state index is -1.39. The van der Waals surface area contributed by atoms with E-state index in [0.29, 0.717) is 11.2 Å². The van der Waals surface area contributed by atoms with E-state index in [2.05, 4.69) is 10.1 Å². The van der Waals surface area contributed by atoms with Crippen molar-refractivity contribution in [3.8, 4) is 0 Å². The molecular weight excluding hydrogens is 444 g/mol. The molecule has 0 saturated carbocycles. The zero-order valence-electron chi connectivity index (χ0n) is 20.0. The first-order valence-corrected chi connectivity index (χ1v) is 11.2. The Morgan fingerprint density at radius 3 is 2.41 bits per heavy atom. The average molecular weight is 479 g/mol. The SMILES string of the molecule is CC(C)[C@H](N)C(=O)OC[C@H]1O[C@@](C)(c2ccc3c(N)ncnn23)[C@H](O)[C@@H]1OC(=O)[C@@H](N)C(C)C. The quantitative estimate of drug-likeness (QED) is 0.365. The van der Waals surface area contributed by atoms with Crippen LogP contribution in [0.25, 0.3) is 5.52 Å². The van der Waals surface area contributed by atoms with Gasteiger partial charge in [0.15, 0.2) is 11.9 Å². The lowest BCUT2D eigenvalue weighted by atomic mass is 9.93. The topological polar surface area (TPSA) is 190 Å².